The number of carbonyl (C=O) groups excluding carboxylic acids is 1. The van der Waals surface area contributed by atoms with E-state index in [0.29, 0.717) is 21.9 Å². The summed E-state index contributed by atoms with van der Waals surface area (Å²) in [6, 6.07) is 17.3. The third-order valence-corrected chi connectivity index (χ3v) is 7.78. The van der Waals surface area contributed by atoms with Crippen LogP contribution in [0.15, 0.2) is 59.4 Å². The summed E-state index contributed by atoms with van der Waals surface area (Å²) in [5.41, 5.74) is 3.48. The Balaban J connectivity index is 1.70. The minimum Gasteiger partial charge on any atom is -0.481 e. The van der Waals surface area contributed by atoms with Gasteiger partial charge in [0.25, 0.3) is 11.5 Å². The van der Waals surface area contributed by atoms with Crippen molar-refractivity contribution in [1.29, 1.82) is 0 Å². The second-order valence-corrected chi connectivity index (χ2v) is 9.88. The van der Waals surface area contributed by atoms with Gasteiger partial charge in [-0.3, -0.25) is 18.8 Å². The van der Waals surface area contributed by atoms with Crippen molar-refractivity contribution in [2.45, 2.75) is 44.4 Å². The third kappa shape index (κ3) is 4.23. The van der Waals surface area contributed by atoms with Crippen LogP contribution in [-0.4, -0.2) is 27.9 Å². The van der Waals surface area contributed by atoms with Crippen LogP contribution in [0, 0.1) is 0 Å². The summed E-state index contributed by atoms with van der Waals surface area (Å²) in [6.07, 6.45) is 5.90. The molecule has 0 unspecified atom stereocenters. The Kier molecular flexibility index (Phi) is 6.20. The molecule has 6 nitrogen and oxygen atoms in total. The number of hydrogen-bond donors (Lipinski definition) is 2. The minimum atomic E-state index is -0.975. The van der Waals surface area contributed by atoms with E-state index in [4.69, 9.17) is 5.11 Å². The predicted octanol–water partition coefficient (Wildman–Crippen LogP) is 5.43. The molecule has 174 valence electrons. The predicted molar refractivity (Wildman–Crippen MR) is 135 cm³/mol. The molecule has 0 atom stereocenters. The summed E-state index contributed by atoms with van der Waals surface area (Å²) in [7, 11) is 0. The molecular weight excluding hydrogens is 448 g/mol. The Morgan fingerprint density at radius 3 is 2.53 bits per heavy atom. The number of aromatic nitrogens is 1. The number of thiazole rings is 1. The molecule has 34 heavy (non-hydrogen) atoms. The van der Waals surface area contributed by atoms with Gasteiger partial charge in [-0.2, -0.15) is 0 Å². The monoisotopic (exact) mass is 474 g/mol. The van der Waals surface area contributed by atoms with Crippen LogP contribution in [0.5, 0.6) is 0 Å². The molecule has 2 aromatic heterocycles. The molecule has 0 bridgehead atoms. The molecule has 5 rings (SSSR count). The van der Waals surface area contributed by atoms with Crippen LogP contribution in [0.4, 0.5) is 0 Å². The van der Waals surface area contributed by atoms with E-state index in [9.17, 15) is 14.4 Å². The maximum Gasteiger partial charge on any atom is 0.305 e. The summed E-state index contributed by atoms with van der Waals surface area (Å²) in [4.78, 5) is 38.3. The first-order valence-corrected chi connectivity index (χ1v) is 12.5. The van der Waals surface area contributed by atoms with Crippen LogP contribution in [0.1, 0.15) is 60.4 Å². The van der Waals surface area contributed by atoms with Gasteiger partial charge in [0.15, 0.2) is 0 Å². The molecule has 7 heteroatoms. The lowest BCUT2D eigenvalue weighted by molar-refractivity contribution is -0.136. The number of rotatable bonds is 6. The highest BCUT2D eigenvalue weighted by Crippen LogP contribution is 2.36. The number of fused-ring (bicyclic) bond motifs is 3. The smallest absolute Gasteiger partial charge is 0.305 e. The summed E-state index contributed by atoms with van der Waals surface area (Å²) >= 11 is 1.42. The fraction of sp³-hybridized carbons (Fsp3) is 0.296. The highest BCUT2D eigenvalue weighted by atomic mass is 32.1. The van der Waals surface area contributed by atoms with Gasteiger partial charge in [-0.05, 0) is 48.1 Å². The minimum absolute atomic E-state index is 0.0246. The van der Waals surface area contributed by atoms with E-state index in [2.05, 4.69) is 23.5 Å². The first-order valence-electron chi connectivity index (χ1n) is 11.7. The second-order valence-electron chi connectivity index (χ2n) is 8.85. The van der Waals surface area contributed by atoms with Crippen LogP contribution in [0.2, 0.25) is 0 Å². The zero-order valence-corrected chi connectivity index (χ0v) is 19.6. The molecule has 1 saturated carbocycles. The fourth-order valence-electron chi connectivity index (χ4n) is 4.88. The van der Waals surface area contributed by atoms with Gasteiger partial charge in [0.2, 0.25) is 0 Å². The Labute approximate surface area is 200 Å². The van der Waals surface area contributed by atoms with Crippen molar-refractivity contribution >= 4 is 38.3 Å². The van der Waals surface area contributed by atoms with E-state index in [0.717, 1.165) is 28.6 Å². The van der Waals surface area contributed by atoms with E-state index in [1.165, 1.54) is 36.2 Å². The maximum atomic E-state index is 13.7. The van der Waals surface area contributed by atoms with Crippen LogP contribution in [0.25, 0.3) is 26.2 Å². The lowest BCUT2D eigenvalue weighted by Gasteiger charge is -2.21. The number of amides is 1. The first-order chi connectivity index (χ1) is 16.5. The van der Waals surface area contributed by atoms with Crippen molar-refractivity contribution in [3.05, 3.63) is 76.1 Å². The Hall–Kier alpha value is -3.45. The number of carboxylic acid groups (broad SMARTS) is 1. The zero-order valence-electron chi connectivity index (χ0n) is 18.8. The molecule has 4 aromatic rings. The highest BCUT2D eigenvalue weighted by molar-refractivity contribution is 7.24. The molecule has 0 radical (unpaired) electrons. The molecule has 1 fully saturated rings. The number of benzene rings is 2. The SMILES string of the molecule is O=C(O)CCNC(=O)c1cc(-c2ccccc2)c(=O)n2c1sc1ccc(C3CCCCC3)cc12. The normalized spacial score (nSPS) is 14.5. The van der Waals surface area contributed by atoms with E-state index in [1.54, 1.807) is 10.5 Å². The molecule has 2 N–H and O–H groups in total. The lowest BCUT2D eigenvalue weighted by Crippen LogP contribution is -2.28. The number of carboxylic acids is 1. The van der Waals surface area contributed by atoms with Crippen molar-refractivity contribution in [2.24, 2.45) is 0 Å². The van der Waals surface area contributed by atoms with Crippen molar-refractivity contribution in [2.75, 3.05) is 6.54 Å². The van der Waals surface area contributed by atoms with Crippen LogP contribution in [-0.2, 0) is 4.79 Å². The third-order valence-electron chi connectivity index (χ3n) is 6.62. The topological polar surface area (TPSA) is 87.9 Å². The number of pyridine rings is 1. The van der Waals surface area contributed by atoms with Gasteiger partial charge in [-0.1, -0.05) is 55.7 Å². The number of hydrogen-bond acceptors (Lipinski definition) is 4. The van der Waals surface area contributed by atoms with Gasteiger partial charge in [0.1, 0.15) is 4.83 Å². The quantitative estimate of drug-likeness (QED) is 0.390. The van der Waals surface area contributed by atoms with Crippen LogP contribution >= 0.6 is 11.3 Å². The first kappa shape index (κ1) is 22.3. The van der Waals surface area contributed by atoms with Crippen LogP contribution < -0.4 is 10.9 Å². The van der Waals surface area contributed by atoms with Gasteiger partial charge in [0.05, 0.1) is 22.2 Å². The summed E-state index contributed by atoms with van der Waals surface area (Å²) < 4.78 is 2.61. The average molecular weight is 475 g/mol. The number of nitrogens with one attached hydrogen (secondary N) is 1. The van der Waals surface area contributed by atoms with E-state index in [1.807, 2.05) is 30.3 Å². The summed E-state index contributed by atoms with van der Waals surface area (Å²) in [5.74, 6) is -0.855. The summed E-state index contributed by atoms with van der Waals surface area (Å²) in [6.45, 7) is 0.0246. The van der Waals surface area contributed by atoms with Crippen molar-refractivity contribution in [3.8, 4) is 11.1 Å². The van der Waals surface area contributed by atoms with Crippen molar-refractivity contribution in [3.63, 3.8) is 0 Å². The molecule has 1 amide bonds. The van der Waals surface area contributed by atoms with Gasteiger partial charge in [0, 0.05) is 12.1 Å². The second kappa shape index (κ2) is 9.43. The largest absolute Gasteiger partial charge is 0.481 e. The maximum absolute atomic E-state index is 13.7. The van der Waals surface area contributed by atoms with Crippen molar-refractivity contribution < 1.29 is 14.7 Å². The summed E-state index contributed by atoms with van der Waals surface area (Å²) in [5, 5.41) is 11.6. The molecule has 2 heterocycles. The van der Waals surface area contributed by atoms with Gasteiger partial charge in [-0.25, -0.2) is 0 Å². The molecule has 2 aromatic carbocycles. The zero-order chi connectivity index (χ0) is 23.7. The van der Waals surface area contributed by atoms with E-state index < -0.39 is 5.97 Å². The molecule has 0 saturated heterocycles. The number of nitrogens with zero attached hydrogens (tertiary/aromatic N) is 1. The van der Waals surface area contributed by atoms with Gasteiger partial charge < -0.3 is 10.4 Å². The molecule has 1 aliphatic rings. The van der Waals surface area contributed by atoms with Crippen molar-refractivity contribution in [1.82, 2.24) is 9.72 Å². The molecule has 0 aliphatic heterocycles. The Morgan fingerprint density at radius 2 is 1.79 bits per heavy atom. The average Bonchev–Trinajstić information content (AvgIpc) is 3.24. The molecular formula is C27H26N2O4S. The number of aliphatic carboxylic acids is 1. The van der Waals surface area contributed by atoms with E-state index >= 15 is 0 Å². The lowest BCUT2D eigenvalue weighted by atomic mass is 9.84. The van der Waals surface area contributed by atoms with E-state index in [-0.39, 0.29) is 24.4 Å². The molecule has 0 spiro atoms. The highest BCUT2D eigenvalue weighted by Gasteiger charge is 2.22. The molecule has 1 aliphatic carbocycles. The fourth-order valence-corrected chi connectivity index (χ4v) is 6.01. The number of carbonyl (C=O) groups is 2. The van der Waals surface area contributed by atoms with Gasteiger partial charge >= 0.3 is 5.97 Å². The standard InChI is InChI=1S/C27H26N2O4S/c30-24(31)13-14-28-25(32)21-16-20(18-9-5-2-6-10-18)26(33)29-22-15-19(17-7-3-1-4-8-17)11-12-23(22)34-27(21)29/h2,5-6,9-12,15-17H,1,3-4,7-8,13-14H2,(H,28,32)(H,30,31). The Morgan fingerprint density at radius 1 is 1.03 bits per heavy atom. The van der Waals surface area contributed by atoms with Crippen LogP contribution in [0.3, 0.4) is 0 Å². The Bertz CT molecular complexity index is 1430. The van der Waals surface area contributed by atoms with Gasteiger partial charge in [-0.15, -0.1) is 11.3 Å².